The number of hydrogen-bond acceptors (Lipinski definition) is 1. The topological polar surface area (TPSA) is 17.1 Å². The van der Waals surface area contributed by atoms with Crippen LogP contribution in [0, 0.1) is 5.41 Å². The maximum absolute atomic E-state index is 10.3. The van der Waals surface area contributed by atoms with Crippen molar-refractivity contribution in [3.63, 3.8) is 0 Å². The van der Waals surface area contributed by atoms with E-state index in [0.717, 1.165) is 17.4 Å². The molecule has 0 saturated heterocycles. The van der Waals surface area contributed by atoms with E-state index in [9.17, 15) is 4.79 Å². The Kier molecular flexibility index (Phi) is 15.4. The molecule has 0 fully saturated rings. The smallest absolute Gasteiger partial charge is 0.142 e. The van der Waals surface area contributed by atoms with Gasteiger partial charge in [-0.3, -0.25) is 4.79 Å². The molecular formula is C37H48O. The molecule has 0 atom stereocenters. The molecule has 0 bridgehead atoms. The molecule has 0 aliphatic heterocycles. The van der Waals surface area contributed by atoms with Gasteiger partial charge < -0.3 is 0 Å². The van der Waals surface area contributed by atoms with Crippen LogP contribution in [0.3, 0.4) is 0 Å². The molecule has 0 radical (unpaired) electrons. The van der Waals surface area contributed by atoms with Crippen LogP contribution in [0.1, 0.15) is 74.7 Å². The predicted octanol–water partition coefficient (Wildman–Crippen LogP) is 10.8. The third kappa shape index (κ3) is 14.3. The van der Waals surface area contributed by atoms with Gasteiger partial charge in [-0.2, -0.15) is 0 Å². The van der Waals surface area contributed by atoms with Crippen LogP contribution >= 0.6 is 0 Å². The summed E-state index contributed by atoms with van der Waals surface area (Å²) in [5, 5.41) is 0. The molecule has 0 aromatic carbocycles. The minimum atomic E-state index is 0.282. The molecule has 1 heteroatoms. The van der Waals surface area contributed by atoms with Crippen LogP contribution in [0.15, 0.2) is 142 Å². The summed E-state index contributed by atoms with van der Waals surface area (Å²) < 4.78 is 0. The second-order valence-corrected chi connectivity index (χ2v) is 10.8. The summed E-state index contributed by atoms with van der Waals surface area (Å²) in [5.41, 5.74) is 9.17. The maximum Gasteiger partial charge on any atom is 0.142 e. The van der Waals surface area contributed by atoms with Gasteiger partial charge in [-0.25, -0.2) is 0 Å². The Morgan fingerprint density at radius 3 is 1.42 bits per heavy atom. The summed E-state index contributed by atoms with van der Waals surface area (Å²) in [6.07, 6.45) is 39.5. The highest BCUT2D eigenvalue weighted by Gasteiger charge is 2.26. The Labute approximate surface area is 233 Å². The lowest BCUT2D eigenvalue weighted by molar-refractivity contribution is -0.104. The molecule has 0 amide bonds. The first kappa shape index (κ1) is 32.6. The van der Waals surface area contributed by atoms with Gasteiger partial charge in [-0.15, -0.1) is 0 Å². The van der Waals surface area contributed by atoms with Gasteiger partial charge in [0.2, 0.25) is 0 Å². The molecule has 0 heterocycles. The molecule has 1 aliphatic carbocycles. The van der Waals surface area contributed by atoms with Crippen molar-refractivity contribution in [2.24, 2.45) is 5.41 Å². The van der Waals surface area contributed by atoms with Gasteiger partial charge in [-0.1, -0.05) is 145 Å². The highest BCUT2D eigenvalue weighted by molar-refractivity contribution is 5.65. The maximum atomic E-state index is 10.3. The van der Waals surface area contributed by atoms with E-state index in [2.05, 4.69) is 121 Å². The summed E-state index contributed by atoms with van der Waals surface area (Å²) in [7, 11) is 0. The fourth-order valence-corrected chi connectivity index (χ4v) is 4.16. The van der Waals surface area contributed by atoms with Gasteiger partial charge >= 0.3 is 0 Å². The molecule has 0 spiro atoms. The highest BCUT2D eigenvalue weighted by atomic mass is 16.1. The molecule has 1 aliphatic rings. The normalized spacial score (nSPS) is 19.1. The van der Waals surface area contributed by atoms with E-state index in [0.29, 0.717) is 0 Å². The fraction of sp³-hybridized carbons (Fsp3) is 0.324. The largest absolute Gasteiger partial charge is 0.299 e. The van der Waals surface area contributed by atoms with E-state index in [1.54, 1.807) is 6.08 Å². The van der Waals surface area contributed by atoms with Crippen LogP contribution in [-0.4, -0.2) is 6.29 Å². The first-order valence-corrected chi connectivity index (χ1v) is 13.6. The third-order valence-electron chi connectivity index (χ3n) is 6.48. The van der Waals surface area contributed by atoms with Crippen LogP contribution in [0.25, 0.3) is 0 Å². The van der Waals surface area contributed by atoms with Crippen LogP contribution in [0.2, 0.25) is 0 Å². The molecule has 0 saturated carbocycles. The summed E-state index contributed by atoms with van der Waals surface area (Å²) in [5.74, 6) is 0. The minimum absolute atomic E-state index is 0.282. The quantitative estimate of drug-likeness (QED) is 0.145. The van der Waals surface area contributed by atoms with Gasteiger partial charge in [0.15, 0.2) is 0 Å². The van der Waals surface area contributed by atoms with E-state index in [1.807, 2.05) is 25.2 Å². The van der Waals surface area contributed by atoms with Crippen molar-refractivity contribution in [3.05, 3.63) is 142 Å². The Morgan fingerprint density at radius 1 is 0.605 bits per heavy atom. The van der Waals surface area contributed by atoms with Crippen LogP contribution in [0.5, 0.6) is 0 Å². The summed E-state index contributed by atoms with van der Waals surface area (Å²) in [6, 6.07) is 0. The van der Waals surface area contributed by atoms with Crippen molar-refractivity contribution in [3.8, 4) is 0 Å². The lowest BCUT2D eigenvalue weighted by atomic mass is 9.72. The lowest BCUT2D eigenvalue weighted by Gasteiger charge is -2.32. The van der Waals surface area contributed by atoms with Crippen molar-refractivity contribution >= 4 is 6.29 Å². The van der Waals surface area contributed by atoms with E-state index < -0.39 is 0 Å². The van der Waals surface area contributed by atoms with Crippen molar-refractivity contribution in [2.75, 3.05) is 0 Å². The zero-order valence-corrected chi connectivity index (χ0v) is 24.9. The molecule has 202 valence electrons. The minimum Gasteiger partial charge on any atom is -0.299 e. The zero-order valence-electron chi connectivity index (χ0n) is 24.9. The van der Waals surface area contributed by atoms with Crippen molar-refractivity contribution in [1.82, 2.24) is 0 Å². The number of allylic oxidation sites excluding steroid dienone is 24. The third-order valence-corrected chi connectivity index (χ3v) is 6.48. The van der Waals surface area contributed by atoms with Crippen LogP contribution < -0.4 is 0 Å². The molecular weight excluding hydrogens is 460 g/mol. The summed E-state index contributed by atoms with van der Waals surface area (Å²) >= 11 is 0. The monoisotopic (exact) mass is 508 g/mol. The number of carbonyl (C=O) groups excluding carboxylic acids is 1. The van der Waals surface area contributed by atoms with E-state index >= 15 is 0 Å². The van der Waals surface area contributed by atoms with Crippen LogP contribution in [0.4, 0.5) is 0 Å². The summed E-state index contributed by atoms with van der Waals surface area (Å²) in [4.78, 5) is 10.3. The lowest BCUT2D eigenvalue weighted by Crippen LogP contribution is -2.19. The van der Waals surface area contributed by atoms with E-state index in [-0.39, 0.29) is 5.41 Å². The number of carbonyl (C=O) groups is 1. The van der Waals surface area contributed by atoms with E-state index in [1.165, 1.54) is 53.2 Å². The fourth-order valence-electron chi connectivity index (χ4n) is 4.16. The predicted molar refractivity (Wildman–Crippen MR) is 170 cm³/mol. The van der Waals surface area contributed by atoms with Gasteiger partial charge in [0.1, 0.15) is 6.29 Å². The standard InChI is InChI=1S/C37H48O/c1-30(18-11-20-32(3)21-12-22-33(4)24-15-29-38)16-9-10-17-31(2)19-13-23-34(5)26-27-36-35(6)25-14-28-37(36,7)8/h9-13,15-24,26-27,29H,14,25,28H2,1-8H3/b10-9+,18-11?,19-13+,21-12?,24-15?,27-26+,30-16?,31-17+,32-20?,33-22?,34-23+. The average molecular weight is 509 g/mol. The molecule has 0 aromatic rings. The Hall–Kier alpha value is -3.45. The van der Waals surface area contributed by atoms with Gasteiger partial charge in [0.25, 0.3) is 0 Å². The van der Waals surface area contributed by atoms with Crippen molar-refractivity contribution < 1.29 is 4.79 Å². The van der Waals surface area contributed by atoms with Crippen LogP contribution in [-0.2, 0) is 4.79 Å². The van der Waals surface area contributed by atoms with Gasteiger partial charge in [0, 0.05) is 0 Å². The van der Waals surface area contributed by atoms with Crippen molar-refractivity contribution in [2.45, 2.75) is 74.7 Å². The second-order valence-electron chi connectivity index (χ2n) is 10.8. The van der Waals surface area contributed by atoms with E-state index in [4.69, 9.17) is 0 Å². The molecule has 0 unspecified atom stereocenters. The van der Waals surface area contributed by atoms with Crippen molar-refractivity contribution in [1.29, 1.82) is 0 Å². The number of hydrogen-bond donors (Lipinski definition) is 0. The van der Waals surface area contributed by atoms with Gasteiger partial charge in [0.05, 0.1) is 0 Å². The second kappa shape index (κ2) is 17.9. The zero-order chi connectivity index (χ0) is 28.4. The molecule has 0 aromatic heterocycles. The Balaban J connectivity index is 2.62. The SMILES string of the molecule is CC(C=CC=O)=CC=CC(C)=CC=CC(C)=C/C=C/C=C(C)/C=C/C=C(C)/C=C/C1=C(C)CCCC1(C)C. The highest BCUT2D eigenvalue weighted by Crippen LogP contribution is 2.40. The molecule has 1 nitrogen and oxygen atoms in total. The first-order valence-electron chi connectivity index (χ1n) is 13.6. The number of rotatable bonds is 12. The molecule has 0 N–H and O–H groups in total. The Bertz CT molecular complexity index is 1150. The molecule has 1 rings (SSSR count). The molecule has 38 heavy (non-hydrogen) atoms. The Morgan fingerprint density at radius 2 is 1.00 bits per heavy atom. The number of aldehydes is 1. The summed E-state index contributed by atoms with van der Waals surface area (Å²) in [6.45, 7) is 17.4. The average Bonchev–Trinajstić information content (AvgIpc) is 2.84. The van der Waals surface area contributed by atoms with Gasteiger partial charge in [-0.05, 0) is 77.9 Å². The first-order chi connectivity index (χ1) is 18.0.